The van der Waals surface area contributed by atoms with Crippen molar-refractivity contribution in [1.82, 2.24) is 0 Å². The van der Waals surface area contributed by atoms with E-state index in [1.807, 2.05) is 6.07 Å². The van der Waals surface area contributed by atoms with Gasteiger partial charge in [0.25, 0.3) is 0 Å². The number of ether oxygens (including phenoxy) is 2. The van der Waals surface area contributed by atoms with Crippen molar-refractivity contribution in [1.29, 1.82) is 0 Å². The summed E-state index contributed by atoms with van der Waals surface area (Å²) >= 11 is 0. The van der Waals surface area contributed by atoms with Gasteiger partial charge in [-0.25, -0.2) is 0 Å². The molecule has 0 radical (unpaired) electrons. The Kier molecular flexibility index (Phi) is 5.03. The molecule has 3 rings (SSSR count). The van der Waals surface area contributed by atoms with E-state index in [0.717, 1.165) is 25.7 Å². The fraction of sp³-hybridized carbons (Fsp3) is 0.368. The quantitative estimate of drug-likeness (QED) is 0.797. The zero-order chi connectivity index (χ0) is 14.3. The molecule has 0 aromatic heterocycles. The summed E-state index contributed by atoms with van der Waals surface area (Å²) in [7, 11) is 0. The second-order valence-corrected chi connectivity index (χ2v) is 5.59. The van der Waals surface area contributed by atoms with Crippen LogP contribution >= 0.6 is 0 Å². The highest BCUT2D eigenvalue weighted by Gasteiger charge is 2.25. The molecule has 21 heavy (non-hydrogen) atoms. The Hall–Kier alpha value is -1.64. The van der Waals surface area contributed by atoms with Crippen LogP contribution in [-0.4, -0.2) is 19.0 Å². The first-order valence-electron chi connectivity index (χ1n) is 7.75. The maximum Gasteiger partial charge on any atom is 0.158 e. The van der Waals surface area contributed by atoms with Crippen molar-refractivity contribution < 1.29 is 9.47 Å². The lowest BCUT2D eigenvalue weighted by Gasteiger charge is -2.11. The Labute approximate surface area is 126 Å². The highest BCUT2D eigenvalue weighted by Crippen LogP contribution is 2.20. The number of hydrogen-bond donors (Lipinski definition) is 0. The topological polar surface area (TPSA) is 18.5 Å². The van der Waals surface area contributed by atoms with Crippen molar-refractivity contribution >= 4 is 0 Å². The van der Waals surface area contributed by atoms with Crippen LogP contribution in [0.15, 0.2) is 60.7 Å². The van der Waals surface area contributed by atoms with Gasteiger partial charge in [0.1, 0.15) is 0 Å². The first kappa shape index (κ1) is 14.3. The molecule has 1 aliphatic rings. The molecule has 0 saturated carbocycles. The van der Waals surface area contributed by atoms with Crippen molar-refractivity contribution in [3.8, 4) is 0 Å². The summed E-state index contributed by atoms with van der Waals surface area (Å²) in [5, 5.41) is 0. The van der Waals surface area contributed by atoms with E-state index in [2.05, 4.69) is 54.6 Å². The van der Waals surface area contributed by atoms with Crippen LogP contribution in [0.1, 0.15) is 24.0 Å². The minimum absolute atomic E-state index is 0.0255. The third-order valence-corrected chi connectivity index (χ3v) is 3.87. The fourth-order valence-corrected chi connectivity index (χ4v) is 2.76. The summed E-state index contributed by atoms with van der Waals surface area (Å²) in [6.07, 6.45) is 4.28. The number of rotatable bonds is 6. The Morgan fingerprint density at radius 3 is 2.24 bits per heavy atom. The SMILES string of the molecule is c1ccc(CCCC2OCC(Cc3ccccc3)O2)cc1. The summed E-state index contributed by atoms with van der Waals surface area (Å²) in [6.45, 7) is 0.713. The average molecular weight is 282 g/mol. The largest absolute Gasteiger partial charge is 0.350 e. The second kappa shape index (κ2) is 7.39. The minimum atomic E-state index is -0.0255. The van der Waals surface area contributed by atoms with Gasteiger partial charge in [-0.05, 0) is 30.4 Å². The zero-order valence-corrected chi connectivity index (χ0v) is 12.3. The summed E-state index contributed by atoms with van der Waals surface area (Å²) in [5.41, 5.74) is 2.70. The number of hydrogen-bond acceptors (Lipinski definition) is 2. The van der Waals surface area contributed by atoms with Crippen molar-refractivity contribution in [3.63, 3.8) is 0 Å². The molecule has 2 atom stereocenters. The first-order valence-corrected chi connectivity index (χ1v) is 7.75. The van der Waals surface area contributed by atoms with E-state index in [-0.39, 0.29) is 12.4 Å². The van der Waals surface area contributed by atoms with E-state index in [1.54, 1.807) is 0 Å². The van der Waals surface area contributed by atoms with Gasteiger partial charge in [-0.1, -0.05) is 60.7 Å². The van der Waals surface area contributed by atoms with E-state index in [1.165, 1.54) is 11.1 Å². The minimum Gasteiger partial charge on any atom is -0.350 e. The monoisotopic (exact) mass is 282 g/mol. The molecule has 0 bridgehead atoms. The van der Waals surface area contributed by atoms with Crippen LogP contribution in [0.2, 0.25) is 0 Å². The van der Waals surface area contributed by atoms with Gasteiger partial charge in [0, 0.05) is 6.42 Å². The molecule has 2 unspecified atom stereocenters. The molecule has 2 nitrogen and oxygen atoms in total. The third kappa shape index (κ3) is 4.42. The molecule has 0 N–H and O–H groups in total. The van der Waals surface area contributed by atoms with E-state index >= 15 is 0 Å². The van der Waals surface area contributed by atoms with Crippen molar-refractivity contribution in [2.75, 3.05) is 6.61 Å². The Balaban J connectivity index is 1.39. The maximum atomic E-state index is 5.98. The van der Waals surface area contributed by atoms with Gasteiger partial charge in [0.15, 0.2) is 6.29 Å². The number of aryl methyl sites for hydroxylation is 1. The van der Waals surface area contributed by atoms with Gasteiger partial charge in [-0.2, -0.15) is 0 Å². The lowest BCUT2D eigenvalue weighted by Crippen LogP contribution is -2.15. The average Bonchev–Trinajstić information content (AvgIpc) is 2.97. The second-order valence-electron chi connectivity index (χ2n) is 5.59. The van der Waals surface area contributed by atoms with Crippen molar-refractivity contribution in [3.05, 3.63) is 71.8 Å². The van der Waals surface area contributed by atoms with Crippen LogP contribution in [0.4, 0.5) is 0 Å². The van der Waals surface area contributed by atoms with E-state index in [9.17, 15) is 0 Å². The summed E-state index contributed by atoms with van der Waals surface area (Å²) < 4.78 is 11.7. The van der Waals surface area contributed by atoms with E-state index < -0.39 is 0 Å². The van der Waals surface area contributed by atoms with Crippen molar-refractivity contribution in [2.45, 2.75) is 38.1 Å². The summed E-state index contributed by atoms with van der Waals surface area (Å²) in [4.78, 5) is 0. The van der Waals surface area contributed by atoms with Crippen molar-refractivity contribution in [2.24, 2.45) is 0 Å². The van der Waals surface area contributed by atoms with Crippen LogP contribution in [0.3, 0.4) is 0 Å². The predicted octanol–water partition coefficient (Wildman–Crippen LogP) is 3.99. The Bertz CT molecular complexity index is 524. The highest BCUT2D eigenvalue weighted by atomic mass is 16.7. The molecule has 1 aliphatic heterocycles. The summed E-state index contributed by atoms with van der Waals surface area (Å²) in [5.74, 6) is 0. The van der Waals surface area contributed by atoms with Crippen LogP contribution in [0.5, 0.6) is 0 Å². The molecular weight excluding hydrogens is 260 g/mol. The van der Waals surface area contributed by atoms with E-state index in [4.69, 9.17) is 9.47 Å². The molecule has 0 amide bonds. The van der Waals surface area contributed by atoms with Crippen LogP contribution < -0.4 is 0 Å². The molecule has 1 heterocycles. The van der Waals surface area contributed by atoms with Gasteiger partial charge in [0.05, 0.1) is 12.7 Å². The number of benzene rings is 2. The first-order chi connectivity index (χ1) is 10.4. The zero-order valence-electron chi connectivity index (χ0n) is 12.3. The van der Waals surface area contributed by atoms with Gasteiger partial charge >= 0.3 is 0 Å². The summed E-state index contributed by atoms with van der Waals surface area (Å²) in [6, 6.07) is 21.1. The third-order valence-electron chi connectivity index (χ3n) is 3.87. The molecule has 1 fully saturated rings. The molecule has 2 heteroatoms. The molecular formula is C19H22O2. The fourth-order valence-electron chi connectivity index (χ4n) is 2.76. The van der Waals surface area contributed by atoms with E-state index in [0.29, 0.717) is 6.61 Å². The maximum absolute atomic E-state index is 5.98. The van der Waals surface area contributed by atoms with Gasteiger partial charge in [-0.3, -0.25) is 0 Å². The molecule has 110 valence electrons. The molecule has 0 spiro atoms. The Morgan fingerprint density at radius 1 is 0.857 bits per heavy atom. The van der Waals surface area contributed by atoms with Crippen LogP contribution in [-0.2, 0) is 22.3 Å². The molecule has 2 aromatic rings. The van der Waals surface area contributed by atoms with Gasteiger partial charge < -0.3 is 9.47 Å². The lowest BCUT2D eigenvalue weighted by atomic mass is 10.1. The standard InChI is InChI=1S/C19H22O2/c1-3-8-16(9-4-1)12-7-13-19-20-15-18(21-19)14-17-10-5-2-6-11-17/h1-6,8-11,18-19H,7,12-15H2. The predicted molar refractivity (Wildman–Crippen MR) is 84.1 cm³/mol. The van der Waals surface area contributed by atoms with Gasteiger partial charge in [0.2, 0.25) is 0 Å². The Morgan fingerprint density at radius 2 is 1.52 bits per heavy atom. The molecule has 0 aliphatic carbocycles. The lowest BCUT2D eigenvalue weighted by molar-refractivity contribution is -0.0625. The smallest absolute Gasteiger partial charge is 0.158 e. The highest BCUT2D eigenvalue weighted by molar-refractivity contribution is 5.16. The van der Waals surface area contributed by atoms with Crippen LogP contribution in [0, 0.1) is 0 Å². The molecule has 2 aromatic carbocycles. The normalized spacial score (nSPS) is 21.5. The van der Waals surface area contributed by atoms with Crippen LogP contribution in [0.25, 0.3) is 0 Å². The molecule has 1 saturated heterocycles. The van der Waals surface area contributed by atoms with Gasteiger partial charge in [-0.15, -0.1) is 0 Å².